The van der Waals surface area contributed by atoms with Crippen LogP contribution in [0.2, 0.25) is 15.1 Å². The van der Waals surface area contributed by atoms with Crippen LogP contribution in [0.4, 0.5) is 30.2 Å². The molecule has 1 aliphatic carbocycles. The molecule has 1 unspecified atom stereocenters. The number of halogens is 8. The Kier molecular flexibility index (Phi) is 9.55. The standard InChI is InChI=1S/C32H23Cl5F3N3O2/c1-16-10-22(41-15-17-2-4-19(5-3-17)32(38,39)40)7-9-26(16)43-29(44)24-14-23(6-8-25(24)35)42-30(45)28-27(31(28,36)37)18-11-20(33)13-21(34)12-18/h2-14,27-28,41H,15H2,1H3,(H,42,45)(H,43,44)/t27?,28-/m0/s1. The van der Waals surface area contributed by atoms with E-state index in [9.17, 15) is 22.8 Å². The van der Waals surface area contributed by atoms with Gasteiger partial charge in [-0.3, -0.25) is 9.59 Å². The number of hydrogen-bond donors (Lipinski definition) is 3. The lowest BCUT2D eigenvalue weighted by Gasteiger charge is -2.14. The maximum atomic E-state index is 13.2. The van der Waals surface area contributed by atoms with Crippen LogP contribution < -0.4 is 16.0 Å². The van der Waals surface area contributed by atoms with E-state index >= 15 is 0 Å². The summed E-state index contributed by atoms with van der Waals surface area (Å²) in [7, 11) is 0. The van der Waals surface area contributed by atoms with Crippen LogP contribution in [0.5, 0.6) is 0 Å². The Morgan fingerprint density at radius 2 is 1.47 bits per heavy atom. The number of anilines is 3. The molecule has 2 amide bonds. The fourth-order valence-electron chi connectivity index (χ4n) is 4.94. The number of alkyl halides is 5. The van der Waals surface area contributed by atoms with Gasteiger partial charge in [-0.1, -0.05) is 46.9 Å². The second-order valence-electron chi connectivity index (χ2n) is 10.5. The fourth-order valence-corrected chi connectivity index (χ4v) is 6.51. The molecule has 1 aliphatic rings. The highest BCUT2D eigenvalue weighted by atomic mass is 35.5. The lowest BCUT2D eigenvalue weighted by Crippen LogP contribution is -2.18. The molecular formula is C32H23Cl5F3N3O2. The number of benzene rings is 4. The van der Waals surface area contributed by atoms with Crippen molar-refractivity contribution in [1.29, 1.82) is 0 Å². The molecule has 45 heavy (non-hydrogen) atoms. The molecule has 5 nitrogen and oxygen atoms in total. The van der Waals surface area contributed by atoms with Gasteiger partial charge in [0.1, 0.15) is 4.33 Å². The second kappa shape index (κ2) is 12.9. The molecular weight excluding hydrogens is 693 g/mol. The molecule has 234 valence electrons. The summed E-state index contributed by atoms with van der Waals surface area (Å²) in [6, 6.07) is 19.5. The molecule has 0 aliphatic heterocycles. The van der Waals surface area contributed by atoms with Gasteiger partial charge in [0, 0.05) is 39.6 Å². The molecule has 3 N–H and O–H groups in total. The van der Waals surface area contributed by atoms with E-state index in [1.165, 1.54) is 24.3 Å². The van der Waals surface area contributed by atoms with Crippen molar-refractivity contribution in [3.8, 4) is 0 Å². The number of carbonyl (C=O) groups excluding carboxylic acids is 2. The van der Waals surface area contributed by atoms with Crippen molar-refractivity contribution in [2.24, 2.45) is 5.92 Å². The zero-order valence-electron chi connectivity index (χ0n) is 23.2. The third-order valence-corrected chi connectivity index (χ3v) is 9.02. The molecule has 0 spiro atoms. The van der Waals surface area contributed by atoms with E-state index in [0.717, 1.165) is 17.7 Å². The average Bonchev–Trinajstić information content (AvgIpc) is 3.55. The Labute approximate surface area is 282 Å². The van der Waals surface area contributed by atoms with E-state index in [-0.39, 0.29) is 10.6 Å². The molecule has 4 aromatic carbocycles. The van der Waals surface area contributed by atoms with Crippen LogP contribution in [0.25, 0.3) is 0 Å². The first kappa shape index (κ1) is 33.2. The maximum absolute atomic E-state index is 13.2. The summed E-state index contributed by atoms with van der Waals surface area (Å²) in [5.41, 5.74) is 2.98. The van der Waals surface area contributed by atoms with Gasteiger partial charge >= 0.3 is 6.18 Å². The zero-order chi connectivity index (χ0) is 32.7. The highest BCUT2D eigenvalue weighted by molar-refractivity contribution is 6.53. The third-order valence-electron chi connectivity index (χ3n) is 7.31. The minimum absolute atomic E-state index is 0.121. The molecule has 0 saturated heterocycles. The maximum Gasteiger partial charge on any atom is 0.416 e. The lowest BCUT2D eigenvalue weighted by molar-refractivity contribution is -0.137. The Morgan fingerprint density at radius 3 is 2.09 bits per heavy atom. The first-order valence-corrected chi connectivity index (χ1v) is 15.3. The monoisotopic (exact) mass is 713 g/mol. The predicted molar refractivity (Wildman–Crippen MR) is 175 cm³/mol. The SMILES string of the molecule is Cc1cc(NCc2ccc(C(F)(F)F)cc2)ccc1NC(=O)c1cc(NC(=O)[C@@H]2C(c3cc(Cl)cc(Cl)c3)C2(Cl)Cl)ccc1Cl. The van der Waals surface area contributed by atoms with Gasteiger partial charge in [0.15, 0.2) is 0 Å². The Balaban J connectivity index is 1.22. The summed E-state index contributed by atoms with van der Waals surface area (Å²) in [6.45, 7) is 2.10. The van der Waals surface area contributed by atoms with Crippen LogP contribution >= 0.6 is 58.0 Å². The summed E-state index contributed by atoms with van der Waals surface area (Å²) in [4.78, 5) is 26.3. The molecule has 5 rings (SSSR count). The quantitative estimate of drug-likeness (QED) is 0.159. The average molecular weight is 716 g/mol. The number of rotatable bonds is 8. The van der Waals surface area contributed by atoms with E-state index in [0.29, 0.717) is 44.8 Å². The van der Waals surface area contributed by atoms with Crippen molar-refractivity contribution in [3.05, 3.63) is 122 Å². The van der Waals surface area contributed by atoms with Crippen LogP contribution in [0.15, 0.2) is 78.9 Å². The number of hydrogen-bond acceptors (Lipinski definition) is 3. The normalized spacial score (nSPS) is 17.0. The van der Waals surface area contributed by atoms with E-state index in [2.05, 4.69) is 16.0 Å². The molecule has 0 heterocycles. The first-order chi connectivity index (χ1) is 21.1. The van der Waals surface area contributed by atoms with Crippen LogP contribution in [-0.2, 0) is 17.5 Å². The van der Waals surface area contributed by atoms with Crippen LogP contribution in [0, 0.1) is 12.8 Å². The summed E-state index contributed by atoms with van der Waals surface area (Å²) in [5.74, 6) is -2.30. The van der Waals surface area contributed by atoms with E-state index < -0.39 is 39.7 Å². The topological polar surface area (TPSA) is 70.2 Å². The Hall–Kier alpha value is -3.14. The van der Waals surface area contributed by atoms with Gasteiger partial charge < -0.3 is 16.0 Å². The highest BCUT2D eigenvalue weighted by Crippen LogP contribution is 2.65. The molecule has 0 radical (unpaired) electrons. The van der Waals surface area contributed by atoms with Gasteiger partial charge in [-0.15, -0.1) is 23.2 Å². The smallest absolute Gasteiger partial charge is 0.381 e. The molecule has 1 saturated carbocycles. The fraction of sp³-hybridized carbons (Fsp3) is 0.188. The minimum atomic E-state index is -4.39. The van der Waals surface area contributed by atoms with E-state index in [4.69, 9.17) is 58.0 Å². The summed E-state index contributed by atoms with van der Waals surface area (Å²) in [5, 5.41) is 9.68. The molecule has 2 atom stereocenters. The number of amides is 2. The van der Waals surface area contributed by atoms with E-state index in [1.54, 1.807) is 49.4 Å². The summed E-state index contributed by atoms with van der Waals surface area (Å²) >= 11 is 31.5. The van der Waals surface area contributed by atoms with Crippen LogP contribution in [0.1, 0.15) is 38.5 Å². The molecule has 0 bridgehead atoms. The third kappa shape index (κ3) is 7.64. The van der Waals surface area contributed by atoms with Gasteiger partial charge in [-0.05, 0) is 90.3 Å². The van der Waals surface area contributed by atoms with Gasteiger partial charge in [0.2, 0.25) is 5.91 Å². The van der Waals surface area contributed by atoms with Crippen molar-refractivity contribution in [3.63, 3.8) is 0 Å². The van der Waals surface area contributed by atoms with Gasteiger partial charge in [-0.25, -0.2) is 0 Å². The Morgan fingerprint density at radius 1 is 0.822 bits per heavy atom. The number of carbonyl (C=O) groups is 2. The van der Waals surface area contributed by atoms with Gasteiger partial charge in [-0.2, -0.15) is 13.2 Å². The number of aryl methyl sites for hydroxylation is 1. The first-order valence-electron chi connectivity index (χ1n) is 13.4. The molecule has 0 aromatic heterocycles. The summed E-state index contributed by atoms with van der Waals surface area (Å²) in [6.07, 6.45) is -4.39. The van der Waals surface area contributed by atoms with Crippen molar-refractivity contribution in [2.75, 3.05) is 16.0 Å². The highest BCUT2D eigenvalue weighted by Gasteiger charge is 2.67. The lowest BCUT2D eigenvalue weighted by atomic mass is 10.1. The predicted octanol–water partition coefficient (Wildman–Crippen LogP) is 10.4. The molecule has 4 aromatic rings. The van der Waals surface area contributed by atoms with Gasteiger partial charge in [0.05, 0.1) is 22.1 Å². The number of nitrogens with one attached hydrogen (secondary N) is 3. The van der Waals surface area contributed by atoms with Crippen molar-refractivity contribution in [2.45, 2.75) is 29.9 Å². The minimum Gasteiger partial charge on any atom is -0.381 e. The summed E-state index contributed by atoms with van der Waals surface area (Å²) < 4.78 is 37.0. The van der Waals surface area contributed by atoms with Crippen LogP contribution in [-0.4, -0.2) is 16.1 Å². The zero-order valence-corrected chi connectivity index (χ0v) is 27.0. The molecule has 13 heteroatoms. The van der Waals surface area contributed by atoms with Crippen molar-refractivity contribution >= 4 is 86.9 Å². The largest absolute Gasteiger partial charge is 0.416 e. The Bertz CT molecular complexity index is 1760. The van der Waals surface area contributed by atoms with Crippen molar-refractivity contribution < 1.29 is 22.8 Å². The van der Waals surface area contributed by atoms with Crippen molar-refractivity contribution in [1.82, 2.24) is 0 Å². The molecule has 1 fully saturated rings. The van der Waals surface area contributed by atoms with Crippen LogP contribution in [0.3, 0.4) is 0 Å². The van der Waals surface area contributed by atoms with E-state index in [1.807, 2.05) is 0 Å². The van der Waals surface area contributed by atoms with Gasteiger partial charge in [0.25, 0.3) is 5.91 Å². The second-order valence-corrected chi connectivity index (χ2v) is 13.3.